The number of nitrogens with one attached hydrogen (secondary N) is 2. The number of hydrogen-bond acceptors (Lipinski definition) is 5. The van der Waals surface area contributed by atoms with Gasteiger partial charge < -0.3 is 26.0 Å². The number of ether oxygens (including phenoxy) is 1. The molecule has 1 amide bonds. The maximum atomic E-state index is 11.6. The largest absolute Gasteiger partial charge is 0.377 e. The highest BCUT2D eigenvalue weighted by Gasteiger charge is 2.26. The minimum absolute atomic E-state index is 0.123. The number of amides is 1. The summed E-state index contributed by atoms with van der Waals surface area (Å²) >= 11 is 0. The molecule has 0 aromatic carbocycles. The van der Waals surface area contributed by atoms with Crippen LogP contribution in [0.5, 0.6) is 0 Å². The summed E-state index contributed by atoms with van der Waals surface area (Å²) in [6, 6.07) is 3.95. The van der Waals surface area contributed by atoms with E-state index >= 15 is 0 Å². The Morgan fingerprint density at radius 2 is 2.25 bits per heavy atom. The number of piperidine rings is 1. The van der Waals surface area contributed by atoms with E-state index in [4.69, 9.17) is 15.5 Å². The summed E-state index contributed by atoms with van der Waals surface area (Å²) in [5.41, 5.74) is 6.26. The predicted molar refractivity (Wildman–Crippen MR) is 112 cm³/mol. The van der Waals surface area contributed by atoms with Gasteiger partial charge >= 0.3 is 0 Å². The van der Waals surface area contributed by atoms with E-state index in [1.54, 1.807) is 13.3 Å². The molecule has 1 aliphatic heterocycles. The fourth-order valence-corrected chi connectivity index (χ4v) is 3.11. The summed E-state index contributed by atoms with van der Waals surface area (Å²) in [6.45, 7) is 9.46. The van der Waals surface area contributed by atoms with Crippen LogP contribution in [-0.4, -0.2) is 55.7 Å². The summed E-state index contributed by atoms with van der Waals surface area (Å²) in [7, 11) is 1.70. The number of pyridine rings is 1. The number of rotatable bonds is 8. The topological polar surface area (TPSA) is 105 Å². The molecule has 1 atom stereocenters. The SMILES string of the molecule is CCNC(=NCc1cccnc1N1CCCC(C(N)=O)C1)NCC(C)(C)OC. The molecule has 4 N–H and O–H groups in total. The van der Waals surface area contributed by atoms with Crippen LogP contribution in [0.1, 0.15) is 39.2 Å². The zero-order chi connectivity index (χ0) is 20.6. The van der Waals surface area contributed by atoms with E-state index in [1.807, 2.05) is 32.9 Å². The lowest BCUT2D eigenvalue weighted by Gasteiger charge is -2.33. The summed E-state index contributed by atoms with van der Waals surface area (Å²) < 4.78 is 5.46. The average Bonchev–Trinajstić information content (AvgIpc) is 2.70. The van der Waals surface area contributed by atoms with Crippen LogP contribution < -0.4 is 21.3 Å². The van der Waals surface area contributed by atoms with Gasteiger partial charge in [0.05, 0.1) is 18.1 Å². The van der Waals surface area contributed by atoms with Crippen molar-refractivity contribution in [3.8, 4) is 0 Å². The molecule has 0 spiro atoms. The number of hydrogen-bond donors (Lipinski definition) is 3. The molecule has 2 rings (SSSR count). The van der Waals surface area contributed by atoms with Crippen LogP contribution >= 0.6 is 0 Å². The molecule has 1 unspecified atom stereocenters. The number of aromatic nitrogens is 1. The third-order valence-electron chi connectivity index (χ3n) is 4.98. The molecule has 156 valence electrons. The number of carbonyl (C=O) groups is 1. The maximum Gasteiger partial charge on any atom is 0.222 e. The number of aliphatic imine (C=N–C) groups is 1. The van der Waals surface area contributed by atoms with Crippen molar-refractivity contribution >= 4 is 17.7 Å². The Kier molecular flexibility index (Phi) is 8.04. The number of anilines is 1. The van der Waals surface area contributed by atoms with Gasteiger partial charge in [-0.15, -0.1) is 0 Å². The van der Waals surface area contributed by atoms with Crippen molar-refractivity contribution in [3.63, 3.8) is 0 Å². The van der Waals surface area contributed by atoms with Crippen LogP contribution in [0, 0.1) is 5.92 Å². The average molecular weight is 391 g/mol. The Morgan fingerprint density at radius 3 is 2.93 bits per heavy atom. The number of nitrogens with two attached hydrogens (primary N) is 1. The summed E-state index contributed by atoms with van der Waals surface area (Å²) in [5, 5.41) is 6.58. The summed E-state index contributed by atoms with van der Waals surface area (Å²) in [4.78, 5) is 23.0. The number of nitrogens with zero attached hydrogens (tertiary/aromatic N) is 3. The van der Waals surface area contributed by atoms with Gasteiger partial charge in [0.2, 0.25) is 5.91 Å². The van der Waals surface area contributed by atoms with E-state index in [-0.39, 0.29) is 17.4 Å². The first-order valence-corrected chi connectivity index (χ1v) is 9.91. The smallest absolute Gasteiger partial charge is 0.222 e. The van der Waals surface area contributed by atoms with Crippen LogP contribution in [0.15, 0.2) is 23.3 Å². The molecule has 8 heteroatoms. The normalized spacial score (nSPS) is 18.1. The lowest BCUT2D eigenvalue weighted by atomic mass is 9.97. The molecule has 0 aliphatic carbocycles. The fourth-order valence-electron chi connectivity index (χ4n) is 3.11. The first-order valence-electron chi connectivity index (χ1n) is 9.91. The predicted octanol–water partition coefficient (Wildman–Crippen LogP) is 1.26. The second kappa shape index (κ2) is 10.3. The van der Waals surface area contributed by atoms with Gasteiger partial charge in [-0.1, -0.05) is 6.07 Å². The maximum absolute atomic E-state index is 11.6. The molecule has 8 nitrogen and oxygen atoms in total. The van der Waals surface area contributed by atoms with E-state index in [0.717, 1.165) is 43.3 Å². The Labute approximate surface area is 167 Å². The highest BCUT2D eigenvalue weighted by atomic mass is 16.5. The van der Waals surface area contributed by atoms with Gasteiger partial charge in [-0.2, -0.15) is 0 Å². The molecule has 1 aromatic rings. The van der Waals surface area contributed by atoms with Gasteiger partial charge in [0.25, 0.3) is 0 Å². The highest BCUT2D eigenvalue weighted by Crippen LogP contribution is 2.24. The Morgan fingerprint density at radius 1 is 1.46 bits per heavy atom. The number of guanidine groups is 1. The molecule has 2 heterocycles. The van der Waals surface area contributed by atoms with Gasteiger partial charge in [-0.3, -0.25) is 4.79 Å². The van der Waals surface area contributed by atoms with Crippen molar-refractivity contribution in [3.05, 3.63) is 23.9 Å². The van der Waals surface area contributed by atoms with Gasteiger partial charge in [-0.05, 0) is 39.7 Å². The Hall–Kier alpha value is -2.35. The van der Waals surface area contributed by atoms with Crippen LogP contribution in [0.3, 0.4) is 0 Å². The second-order valence-corrected chi connectivity index (χ2v) is 7.69. The van der Waals surface area contributed by atoms with Gasteiger partial charge in [0, 0.05) is 45.0 Å². The highest BCUT2D eigenvalue weighted by molar-refractivity contribution is 5.80. The van der Waals surface area contributed by atoms with Crippen molar-refractivity contribution in [2.45, 2.75) is 45.8 Å². The molecule has 0 saturated carbocycles. The first-order chi connectivity index (χ1) is 13.4. The molecule has 28 heavy (non-hydrogen) atoms. The molecular weight excluding hydrogens is 356 g/mol. The lowest BCUT2D eigenvalue weighted by molar-refractivity contribution is -0.122. The third-order valence-corrected chi connectivity index (χ3v) is 4.98. The van der Waals surface area contributed by atoms with Gasteiger partial charge in [0.1, 0.15) is 5.82 Å². The van der Waals surface area contributed by atoms with Crippen molar-refractivity contribution in [1.82, 2.24) is 15.6 Å². The van der Waals surface area contributed by atoms with E-state index in [9.17, 15) is 4.79 Å². The lowest BCUT2D eigenvalue weighted by Crippen LogP contribution is -2.45. The van der Waals surface area contributed by atoms with E-state index in [2.05, 4.69) is 20.5 Å². The zero-order valence-electron chi connectivity index (χ0n) is 17.5. The van der Waals surface area contributed by atoms with Crippen LogP contribution in [0.4, 0.5) is 5.82 Å². The van der Waals surface area contributed by atoms with E-state index in [1.165, 1.54) is 0 Å². The quantitative estimate of drug-likeness (QED) is 0.456. The van der Waals surface area contributed by atoms with Crippen molar-refractivity contribution in [2.75, 3.05) is 38.2 Å². The number of primary amides is 1. The molecule has 1 aliphatic rings. The van der Waals surface area contributed by atoms with E-state index < -0.39 is 0 Å². The molecule has 1 fully saturated rings. The molecular formula is C20H34N6O2. The molecule has 0 bridgehead atoms. The van der Waals surface area contributed by atoms with E-state index in [0.29, 0.717) is 19.6 Å². The third kappa shape index (κ3) is 6.37. The standard InChI is InChI=1S/C20H34N6O2/c1-5-22-19(25-14-20(2,3)28-4)24-12-15-8-6-10-23-18(15)26-11-7-9-16(13-26)17(21)27/h6,8,10,16H,5,7,9,11-14H2,1-4H3,(H2,21,27)(H2,22,24,25). The van der Waals surface area contributed by atoms with Crippen molar-refractivity contribution in [2.24, 2.45) is 16.6 Å². The van der Waals surface area contributed by atoms with Crippen LogP contribution in [-0.2, 0) is 16.1 Å². The fraction of sp³-hybridized carbons (Fsp3) is 0.650. The number of methoxy groups -OCH3 is 1. The van der Waals surface area contributed by atoms with Crippen LogP contribution in [0.2, 0.25) is 0 Å². The van der Waals surface area contributed by atoms with Gasteiger partial charge in [-0.25, -0.2) is 9.98 Å². The number of carbonyl (C=O) groups excluding carboxylic acids is 1. The molecule has 1 saturated heterocycles. The Bertz CT molecular complexity index is 676. The second-order valence-electron chi connectivity index (χ2n) is 7.69. The monoisotopic (exact) mass is 390 g/mol. The minimum Gasteiger partial charge on any atom is -0.377 e. The first kappa shape index (κ1) is 21.9. The molecule has 1 aromatic heterocycles. The Balaban J connectivity index is 2.12. The van der Waals surface area contributed by atoms with Crippen LogP contribution in [0.25, 0.3) is 0 Å². The molecule has 0 radical (unpaired) electrons. The summed E-state index contributed by atoms with van der Waals surface area (Å²) in [5.74, 6) is 1.25. The van der Waals surface area contributed by atoms with Gasteiger partial charge in [0.15, 0.2) is 5.96 Å². The minimum atomic E-state index is -0.284. The van der Waals surface area contributed by atoms with Crippen molar-refractivity contribution in [1.29, 1.82) is 0 Å². The zero-order valence-corrected chi connectivity index (χ0v) is 17.5. The van der Waals surface area contributed by atoms with Crippen molar-refractivity contribution < 1.29 is 9.53 Å². The summed E-state index contributed by atoms with van der Waals surface area (Å²) in [6.07, 6.45) is 3.56.